The molecule has 1 aromatic rings. The zero-order valence-corrected chi connectivity index (χ0v) is 9.03. The van der Waals surface area contributed by atoms with Crippen molar-refractivity contribution in [3.63, 3.8) is 0 Å². The lowest BCUT2D eigenvalue weighted by Crippen LogP contribution is -2.37. The Morgan fingerprint density at radius 2 is 2.47 bits per heavy atom. The van der Waals surface area contributed by atoms with E-state index in [1.165, 1.54) is 6.42 Å². The molecule has 5 heteroatoms. The standard InChI is InChI=1S/C10H17N3O2/c1-8-12-10(15-13-8)4-5-11-9-3-2-6-14-7-9/h9,11H,2-7H2,1H3. The number of aryl methyl sites for hydroxylation is 1. The van der Waals surface area contributed by atoms with Crippen LogP contribution >= 0.6 is 0 Å². The van der Waals surface area contributed by atoms with Gasteiger partial charge in [-0.2, -0.15) is 4.98 Å². The maximum atomic E-state index is 5.38. The Kier molecular flexibility index (Phi) is 3.69. The highest BCUT2D eigenvalue weighted by molar-refractivity contribution is 4.84. The average Bonchev–Trinajstić information content (AvgIpc) is 2.66. The fourth-order valence-corrected chi connectivity index (χ4v) is 1.73. The lowest BCUT2D eigenvalue weighted by molar-refractivity contribution is 0.0705. The summed E-state index contributed by atoms with van der Waals surface area (Å²) in [5.74, 6) is 1.41. The maximum Gasteiger partial charge on any atom is 0.227 e. The highest BCUT2D eigenvalue weighted by Gasteiger charge is 2.13. The molecule has 84 valence electrons. The number of hydrogen-bond donors (Lipinski definition) is 1. The van der Waals surface area contributed by atoms with E-state index in [9.17, 15) is 0 Å². The van der Waals surface area contributed by atoms with Gasteiger partial charge >= 0.3 is 0 Å². The van der Waals surface area contributed by atoms with Crippen molar-refractivity contribution in [3.8, 4) is 0 Å². The Morgan fingerprint density at radius 1 is 1.53 bits per heavy atom. The van der Waals surface area contributed by atoms with E-state index in [-0.39, 0.29) is 0 Å². The molecule has 2 heterocycles. The molecular formula is C10H17N3O2. The summed E-state index contributed by atoms with van der Waals surface area (Å²) < 4.78 is 10.4. The van der Waals surface area contributed by atoms with Crippen LogP contribution in [0.25, 0.3) is 0 Å². The quantitative estimate of drug-likeness (QED) is 0.794. The zero-order chi connectivity index (χ0) is 10.5. The molecule has 1 aliphatic heterocycles. The van der Waals surface area contributed by atoms with Gasteiger partial charge in [0.25, 0.3) is 0 Å². The Balaban J connectivity index is 1.65. The molecule has 0 aliphatic carbocycles. The first-order valence-corrected chi connectivity index (χ1v) is 5.45. The summed E-state index contributed by atoms with van der Waals surface area (Å²) in [6, 6.07) is 0.489. The van der Waals surface area contributed by atoms with Crippen molar-refractivity contribution in [1.82, 2.24) is 15.5 Å². The van der Waals surface area contributed by atoms with Gasteiger partial charge in [-0.1, -0.05) is 5.16 Å². The molecule has 1 aromatic heterocycles. The van der Waals surface area contributed by atoms with Crippen molar-refractivity contribution in [2.45, 2.75) is 32.2 Å². The predicted molar refractivity (Wildman–Crippen MR) is 54.6 cm³/mol. The molecular weight excluding hydrogens is 194 g/mol. The number of rotatable bonds is 4. The number of hydrogen-bond acceptors (Lipinski definition) is 5. The van der Waals surface area contributed by atoms with Crippen LogP contribution in [0.5, 0.6) is 0 Å². The Morgan fingerprint density at radius 3 is 3.13 bits per heavy atom. The van der Waals surface area contributed by atoms with E-state index in [1.807, 2.05) is 6.92 Å². The van der Waals surface area contributed by atoms with Crippen molar-refractivity contribution < 1.29 is 9.26 Å². The number of nitrogens with one attached hydrogen (secondary N) is 1. The van der Waals surface area contributed by atoms with Crippen molar-refractivity contribution in [2.24, 2.45) is 0 Å². The Bertz CT molecular complexity index is 295. The molecule has 15 heavy (non-hydrogen) atoms. The molecule has 0 bridgehead atoms. The summed E-state index contributed by atoms with van der Waals surface area (Å²) in [6.45, 7) is 4.43. The van der Waals surface area contributed by atoms with Crippen molar-refractivity contribution in [2.75, 3.05) is 19.8 Å². The van der Waals surface area contributed by atoms with Gasteiger partial charge in [-0.3, -0.25) is 0 Å². The average molecular weight is 211 g/mol. The summed E-state index contributed by atoms with van der Waals surface area (Å²) in [6.07, 6.45) is 3.14. The van der Waals surface area contributed by atoms with Gasteiger partial charge in [-0.05, 0) is 19.8 Å². The molecule has 0 aromatic carbocycles. The van der Waals surface area contributed by atoms with Gasteiger partial charge in [0, 0.05) is 25.6 Å². The van der Waals surface area contributed by atoms with E-state index in [2.05, 4.69) is 15.5 Å². The lowest BCUT2D eigenvalue weighted by atomic mass is 10.1. The van der Waals surface area contributed by atoms with Crippen molar-refractivity contribution in [1.29, 1.82) is 0 Å². The second kappa shape index (κ2) is 5.23. The molecule has 1 aliphatic rings. The van der Waals surface area contributed by atoms with E-state index >= 15 is 0 Å². The van der Waals surface area contributed by atoms with E-state index in [0.717, 1.165) is 32.6 Å². The smallest absolute Gasteiger partial charge is 0.227 e. The van der Waals surface area contributed by atoms with Crippen molar-refractivity contribution in [3.05, 3.63) is 11.7 Å². The molecule has 1 fully saturated rings. The molecule has 5 nitrogen and oxygen atoms in total. The SMILES string of the molecule is Cc1noc(CCNC2CCCOC2)n1. The second-order valence-electron chi connectivity index (χ2n) is 3.85. The van der Waals surface area contributed by atoms with Crippen LogP contribution in [-0.4, -0.2) is 35.9 Å². The van der Waals surface area contributed by atoms with Crippen LogP contribution in [0, 0.1) is 6.92 Å². The zero-order valence-electron chi connectivity index (χ0n) is 9.03. The van der Waals surface area contributed by atoms with Crippen LogP contribution in [0.4, 0.5) is 0 Å². The summed E-state index contributed by atoms with van der Waals surface area (Å²) in [5, 5.41) is 7.17. The number of ether oxygens (including phenoxy) is 1. The van der Waals surface area contributed by atoms with Gasteiger partial charge in [0.1, 0.15) is 0 Å². The van der Waals surface area contributed by atoms with E-state index in [1.54, 1.807) is 0 Å². The minimum Gasteiger partial charge on any atom is -0.380 e. The summed E-state index contributed by atoms with van der Waals surface area (Å²) in [5.41, 5.74) is 0. The largest absolute Gasteiger partial charge is 0.380 e. The molecule has 1 unspecified atom stereocenters. The van der Waals surface area contributed by atoms with Gasteiger partial charge in [0.05, 0.1) is 6.61 Å². The molecule has 0 radical (unpaired) electrons. The molecule has 0 spiro atoms. The van der Waals surface area contributed by atoms with Crippen molar-refractivity contribution >= 4 is 0 Å². The summed E-state index contributed by atoms with van der Waals surface area (Å²) in [7, 11) is 0. The normalized spacial score (nSPS) is 21.8. The molecule has 1 N–H and O–H groups in total. The molecule has 1 atom stereocenters. The third-order valence-electron chi connectivity index (χ3n) is 2.50. The van der Waals surface area contributed by atoms with Gasteiger partial charge in [0.2, 0.25) is 5.89 Å². The molecule has 2 rings (SSSR count). The highest BCUT2D eigenvalue weighted by Crippen LogP contribution is 2.05. The number of aromatic nitrogens is 2. The fourth-order valence-electron chi connectivity index (χ4n) is 1.73. The molecule has 0 amide bonds. The maximum absolute atomic E-state index is 5.38. The Labute approximate surface area is 89.2 Å². The van der Waals surface area contributed by atoms with Crippen LogP contribution in [0.1, 0.15) is 24.6 Å². The first kappa shape index (κ1) is 10.6. The lowest BCUT2D eigenvalue weighted by Gasteiger charge is -2.22. The first-order chi connectivity index (χ1) is 7.34. The second-order valence-corrected chi connectivity index (χ2v) is 3.85. The van der Waals surface area contributed by atoms with E-state index < -0.39 is 0 Å². The minimum atomic E-state index is 0.489. The third kappa shape index (κ3) is 3.28. The van der Waals surface area contributed by atoms with E-state index in [0.29, 0.717) is 17.8 Å². The van der Waals surface area contributed by atoms with Gasteiger partial charge in [-0.15, -0.1) is 0 Å². The van der Waals surface area contributed by atoms with Crippen LogP contribution in [0.15, 0.2) is 4.52 Å². The highest BCUT2D eigenvalue weighted by atomic mass is 16.5. The van der Waals surface area contributed by atoms with Gasteiger partial charge < -0.3 is 14.6 Å². The Hall–Kier alpha value is -0.940. The monoisotopic (exact) mass is 211 g/mol. The molecule has 0 saturated carbocycles. The summed E-state index contributed by atoms with van der Waals surface area (Å²) >= 11 is 0. The first-order valence-electron chi connectivity index (χ1n) is 5.45. The number of nitrogens with zero attached hydrogens (tertiary/aromatic N) is 2. The topological polar surface area (TPSA) is 60.2 Å². The van der Waals surface area contributed by atoms with Crippen LogP contribution in [0.3, 0.4) is 0 Å². The van der Waals surface area contributed by atoms with Gasteiger partial charge in [-0.25, -0.2) is 0 Å². The summed E-state index contributed by atoms with van der Waals surface area (Å²) in [4.78, 5) is 4.14. The van der Waals surface area contributed by atoms with E-state index in [4.69, 9.17) is 9.26 Å². The van der Waals surface area contributed by atoms with Crippen LogP contribution in [-0.2, 0) is 11.2 Å². The van der Waals surface area contributed by atoms with Gasteiger partial charge in [0.15, 0.2) is 5.82 Å². The van der Waals surface area contributed by atoms with Crippen LogP contribution in [0.2, 0.25) is 0 Å². The predicted octanol–water partition coefficient (Wildman–Crippen LogP) is 0.689. The third-order valence-corrected chi connectivity index (χ3v) is 2.50. The minimum absolute atomic E-state index is 0.489. The fraction of sp³-hybridized carbons (Fsp3) is 0.800. The van der Waals surface area contributed by atoms with Crippen LogP contribution < -0.4 is 5.32 Å². The molecule has 1 saturated heterocycles.